The molecule has 0 saturated heterocycles. The van der Waals surface area contributed by atoms with Gasteiger partial charge in [0, 0.05) is 0 Å². The predicted octanol–water partition coefficient (Wildman–Crippen LogP) is 8.06. The maximum atomic E-state index is 7.19. The first-order valence-electron chi connectivity index (χ1n) is 10.4. The van der Waals surface area contributed by atoms with E-state index in [4.69, 9.17) is 3.07 Å². The Balaban J connectivity index is 3.06. The molecule has 0 spiro atoms. The molecule has 25 heavy (non-hydrogen) atoms. The fourth-order valence-electron chi connectivity index (χ4n) is 3.56. The van der Waals surface area contributed by atoms with E-state index >= 15 is 0 Å². The van der Waals surface area contributed by atoms with E-state index in [0.717, 1.165) is 6.42 Å². The average Bonchev–Trinajstić information content (AvgIpc) is 2.62. The van der Waals surface area contributed by atoms with E-state index in [1.54, 1.807) is 0 Å². The van der Waals surface area contributed by atoms with Crippen molar-refractivity contribution < 1.29 is 3.07 Å². The molecule has 0 N–H and O–H groups in total. The third kappa shape index (κ3) is 8.77. The number of hydrogen-bond acceptors (Lipinski definition) is 1. The number of hydrogen-bond donors (Lipinski definition) is 0. The van der Waals surface area contributed by atoms with Crippen LogP contribution in [-0.2, 0) is 3.07 Å². The second-order valence-electron chi connectivity index (χ2n) is 7.67. The molecule has 0 bridgehead atoms. The Morgan fingerprint density at radius 3 is 1.80 bits per heavy atom. The third-order valence-corrected chi connectivity index (χ3v) is 18.1. The van der Waals surface area contributed by atoms with Gasteiger partial charge in [-0.3, -0.25) is 0 Å². The fraction of sp³-hybridized carbons (Fsp3) is 0.652. The zero-order valence-corrected chi connectivity index (χ0v) is 20.0. The summed E-state index contributed by atoms with van der Waals surface area (Å²) in [6.45, 7) is 13.3. The van der Waals surface area contributed by atoms with Crippen LogP contribution in [0, 0.1) is 0 Å². The van der Waals surface area contributed by atoms with Gasteiger partial charge in [-0.15, -0.1) is 0 Å². The summed E-state index contributed by atoms with van der Waals surface area (Å²) in [6.07, 6.45) is 9.09. The first kappa shape index (κ1) is 22.8. The maximum absolute atomic E-state index is 7.19. The first-order chi connectivity index (χ1) is 12.1. The van der Waals surface area contributed by atoms with Crippen molar-refractivity contribution in [1.82, 2.24) is 0 Å². The van der Waals surface area contributed by atoms with Crippen molar-refractivity contribution >= 4 is 18.8 Å². The van der Waals surface area contributed by atoms with E-state index in [-0.39, 0.29) is 6.10 Å². The van der Waals surface area contributed by atoms with Gasteiger partial charge in [0.05, 0.1) is 0 Å². The molecule has 1 unspecified atom stereocenters. The quantitative estimate of drug-likeness (QED) is 0.205. The second-order valence-corrected chi connectivity index (χ2v) is 19.4. The van der Waals surface area contributed by atoms with Gasteiger partial charge in [0.2, 0.25) is 0 Å². The van der Waals surface area contributed by atoms with Crippen LogP contribution < -0.4 is 0 Å². The summed E-state index contributed by atoms with van der Waals surface area (Å²) in [5.41, 5.74) is 2.58. The van der Waals surface area contributed by atoms with Crippen LogP contribution >= 0.6 is 0 Å². The normalized spacial score (nSPS) is 13.0. The van der Waals surface area contributed by atoms with Gasteiger partial charge in [-0.05, 0) is 0 Å². The van der Waals surface area contributed by atoms with Crippen LogP contribution in [0.25, 0.3) is 0 Å². The predicted molar refractivity (Wildman–Crippen MR) is 115 cm³/mol. The average molecular weight is 451 g/mol. The molecule has 0 fully saturated rings. The summed E-state index contributed by atoms with van der Waals surface area (Å²) < 4.78 is 11.4. The van der Waals surface area contributed by atoms with Crippen LogP contribution in [0.3, 0.4) is 0 Å². The van der Waals surface area contributed by atoms with Crippen molar-refractivity contribution in [3.63, 3.8) is 0 Å². The van der Waals surface area contributed by atoms with Crippen molar-refractivity contribution in [1.29, 1.82) is 0 Å². The molecular formula is C23H40OSn. The van der Waals surface area contributed by atoms with Gasteiger partial charge in [-0.1, -0.05) is 0 Å². The molecule has 1 aromatic carbocycles. The van der Waals surface area contributed by atoms with Crippen molar-refractivity contribution in [2.45, 2.75) is 92.1 Å². The van der Waals surface area contributed by atoms with Crippen LogP contribution in [0.5, 0.6) is 0 Å². The van der Waals surface area contributed by atoms with Crippen LogP contribution in [0.4, 0.5) is 0 Å². The molecule has 0 heterocycles. The Labute approximate surface area is 161 Å². The van der Waals surface area contributed by atoms with E-state index in [0.29, 0.717) is 0 Å². The summed E-state index contributed by atoms with van der Waals surface area (Å²) in [5.74, 6) is 0. The molecule has 1 aromatic rings. The first-order valence-corrected chi connectivity index (χ1v) is 17.7. The monoisotopic (exact) mass is 452 g/mol. The van der Waals surface area contributed by atoms with Crippen LogP contribution in [0.2, 0.25) is 13.3 Å². The number of benzene rings is 1. The molecule has 142 valence electrons. The van der Waals surface area contributed by atoms with Crippen molar-refractivity contribution in [3.05, 3.63) is 48.0 Å². The molecule has 1 atom stereocenters. The Kier molecular flexibility index (Phi) is 11.8. The molecule has 0 radical (unpaired) electrons. The van der Waals surface area contributed by atoms with Crippen LogP contribution in [0.15, 0.2) is 42.5 Å². The van der Waals surface area contributed by atoms with Crippen LogP contribution in [0.1, 0.15) is 84.3 Å². The van der Waals surface area contributed by atoms with E-state index in [9.17, 15) is 0 Å². The van der Waals surface area contributed by atoms with Gasteiger partial charge in [0.1, 0.15) is 0 Å². The van der Waals surface area contributed by atoms with Gasteiger partial charge in [-0.2, -0.15) is 0 Å². The minimum absolute atomic E-state index is 0.222. The SMILES string of the molecule is C=C(C)CC([O][Sn]([CH2]CCC)([CH2]CCC)[CH2]CCC)c1ccccc1. The summed E-state index contributed by atoms with van der Waals surface area (Å²) in [5, 5.41) is 0. The molecule has 0 aromatic heterocycles. The molecule has 0 aliphatic heterocycles. The molecule has 0 saturated carbocycles. The zero-order chi connectivity index (χ0) is 18.5. The topological polar surface area (TPSA) is 9.23 Å². The molecule has 0 aliphatic rings. The van der Waals surface area contributed by atoms with E-state index in [1.165, 1.54) is 63.0 Å². The van der Waals surface area contributed by atoms with Crippen molar-refractivity contribution in [2.24, 2.45) is 0 Å². The Morgan fingerprint density at radius 1 is 0.920 bits per heavy atom. The Morgan fingerprint density at radius 2 is 1.40 bits per heavy atom. The van der Waals surface area contributed by atoms with Gasteiger partial charge in [0.25, 0.3) is 0 Å². The summed E-state index contributed by atoms with van der Waals surface area (Å²) in [4.78, 5) is 0. The second kappa shape index (κ2) is 13.0. The van der Waals surface area contributed by atoms with E-state index in [1.807, 2.05) is 0 Å². The fourth-order valence-corrected chi connectivity index (χ4v) is 17.6. The molecular weight excluding hydrogens is 411 g/mol. The van der Waals surface area contributed by atoms with Gasteiger partial charge >= 0.3 is 162 Å². The summed E-state index contributed by atoms with van der Waals surface area (Å²) >= 11 is -2.60. The Bertz CT molecular complexity index is 446. The van der Waals surface area contributed by atoms with Crippen molar-refractivity contribution in [3.8, 4) is 0 Å². The number of rotatable bonds is 14. The standard InChI is InChI=1S/C11H13O.3C4H9.Sn/c1-9(2)8-11(12)10-6-4-3-5-7-10;3*1-3-4-2;/h3-7,11H,1,8H2,2H3;3*1,3-4H2,2H3;/q-1;;;;+1. The number of unbranched alkanes of at least 4 members (excludes halogenated alkanes) is 3. The van der Waals surface area contributed by atoms with Gasteiger partial charge in [0.15, 0.2) is 0 Å². The van der Waals surface area contributed by atoms with Gasteiger partial charge < -0.3 is 0 Å². The third-order valence-electron chi connectivity index (χ3n) is 5.06. The van der Waals surface area contributed by atoms with Crippen molar-refractivity contribution in [2.75, 3.05) is 0 Å². The summed E-state index contributed by atoms with van der Waals surface area (Å²) in [6, 6.07) is 10.9. The molecule has 1 nitrogen and oxygen atoms in total. The Hall–Kier alpha value is -0.281. The van der Waals surface area contributed by atoms with E-state index in [2.05, 4.69) is 64.6 Å². The molecule has 2 heteroatoms. The molecule has 0 aliphatic carbocycles. The minimum atomic E-state index is -2.60. The summed E-state index contributed by atoms with van der Waals surface area (Å²) in [7, 11) is 0. The molecule has 0 amide bonds. The zero-order valence-electron chi connectivity index (χ0n) is 17.2. The van der Waals surface area contributed by atoms with E-state index < -0.39 is 18.8 Å². The van der Waals surface area contributed by atoms with Gasteiger partial charge in [-0.25, -0.2) is 0 Å². The molecule has 1 rings (SSSR count). The van der Waals surface area contributed by atoms with Crippen LogP contribution in [-0.4, -0.2) is 18.8 Å².